The molecule has 0 bridgehead atoms. The second kappa shape index (κ2) is 6.01. The van der Waals surface area contributed by atoms with Crippen LogP contribution in [0.15, 0.2) is 40.8 Å². The molecule has 0 saturated heterocycles. The number of halogens is 1. The maximum Gasteiger partial charge on any atom is 0.289 e. The summed E-state index contributed by atoms with van der Waals surface area (Å²) in [5, 5.41) is 1.35. The van der Waals surface area contributed by atoms with Crippen molar-refractivity contribution in [2.24, 2.45) is 0 Å². The Hall–Kier alpha value is -2.66. The molecule has 0 fully saturated rings. The van der Waals surface area contributed by atoms with Crippen molar-refractivity contribution in [3.63, 3.8) is 0 Å². The molecular weight excluding hydrogens is 342 g/mol. The smallest absolute Gasteiger partial charge is 0.289 e. The van der Waals surface area contributed by atoms with Crippen LogP contribution in [0.2, 0.25) is 5.02 Å². The molecule has 4 rings (SSSR count). The zero-order valence-electron chi connectivity index (χ0n) is 13.8. The Morgan fingerprint density at radius 3 is 2.80 bits per heavy atom. The number of hydrogen-bond acceptors (Lipinski definition) is 4. The van der Waals surface area contributed by atoms with Crippen molar-refractivity contribution in [2.75, 3.05) is 13.8 Å². The first-order chi connectivity index (χ1) is 12.0. The van der Waals surface area contributed by atoms with Gasteiger partial charge in [0.05, 0.1) is 5.02 Å². The van der Waals surface area contributed by atoms with Gasteiger partial charge in [0.2, 0.25) is 6.79 Å². The molecule has 2 heterocycles. The normalized spacial score (nSPS) is 12.6. The van der Waals surface area contributed by atoms with Crippen LogP contribution >= 0.6 is 11.6 Å². The number of benzene rings is 2. The molecule has 1 aromatic heterocycles. The second-order valence-corrected chi connectivity index (χ2v) is 6.43. The number of rotatable bonds is 3. The number of nitrogens with zero attached hydrogens (tertiary/aromatic N) is 1. The van der Waals surface area contributed by atoms with Crippen LogP contribution in [0.1, 0.15) is 21.7 Å². The van der Waals surface area contributed by atoms with Crippen LogP contribution in [0, 0.1) is 6.92 Å². The number of carbonyl (C=O) groups excluding carboxylic acids is 1. The molecule has 3 aromatic rings. The maximum absolute atomic E-state index is 12.8. The molecule has 25 heavy (non-hydrogen) atoms. The molecule has 128 valence electrons. The van der Waals surface area contributed by atoms with Crippen molar-refractivity contribution >= 4 is 28.5 Å². The summed E-state index contributed by atoms with van der Waals surface area (Å²) in [6.07, 6.45) is 0. The molecule has 5 nitrogen and oxygen atoms in total. The van der Waals surface area contributed by atoms with E-state index in [4.69, 9.17) is 25.5 Å². The largest absolute Gasteiger partial charge is 0.454 e. The molecule has 0 aliphatic carbocycles. The number of fused-ring (bicyclic) bond motifs is 2. The van der Waals surface area contributed by atoms with Crippen molar-refractivity contribution in [3.8, 4) is 11.5 Å². The summed E-state index contributed by atoms with van der Waals surface area (Å²) in [7, 11) is 1.74. The standard InChI is InChI=1S/C19H16ClNO4/c1-11-13-4-3-5-14(20)18(13)25-17(11)19(22)21(2)9-12-6-7-15-16(8-12)24-10-23-15/h3-8H,9-10H2,1-2H3. The first-order valence-corrected chi connectivity index (χ1v) is 8.24. The van der Waals surface area contributed by atoms with E-state index in [1.54, 1.807) is 18.0 Å². The Kier molecular flexibility index (Phi) is 3.81. The highest BCUT2D eigenvalue weighted by atomic mass is 35.5. The van der Waals surface area contributed by atoms with Crippen molar-refractivity contribution < 1.29 is 18.7 Å². The third kappa shape index (κ3) is 2.70. The maximum atomic E-state index is 12.8. The highest BCUT2D eigenvalue weighted by molar-refractivity contribution is 6.35. The van der Waals surface area contributed by atoms with E-state index in [2.05, 4.69) is 0 Å². The van der Waals surface area contributed by atoms with Crippen molar-refractivity contribution in [2.45, 2.75) is 13.5 Å². The fourth-order valence-electron chi connectivity index (χ4n) is 2.97. The van der Waals surface area contributed by atoms with Crippen LogP contribution < -0.4 is 9.47 Å². The Morgan fingerprint density at radius 1 is 1.20 bits per heavy atom. The SMILES string of the molecule is Cc1c(C(=O)N(C)Cc2ccc3c(c2)OCO3)oc2c(Cl)cccc12. The molecule has 1 aliphatic heterocycles. The molecule has 0 radical (unpaired) electrons. The van der Waals surface area contributed by atoms with Gasteiger partial charge in [0.25, 0.3) is 5.91 Å². The van der Waals surface area contributed by atoms with Gasteiger partial charge >= 0.3 is 0 Å². The van der Waals surface area contributed by atoms with Gasteiger partial charge in [-0.05, 0) is 30.7 Å². The van der Waals surface area contributed by atoms with E-state index in [0.29, 0.717) is 28.7 Å². The first kappa shape index (κ1) is 15.8. The minimum atomic E-state index is -0.192. The van der Waals surface area contributed by atoms with Crippen LogP contribution in [-0.2, 0) is 6.54 Å². The van der Waals surface area contributed by atoms with Gasteiger partial charge in [-0.1, -0.05) is 29.8 Å². The lowest BCUT2D eigenvalue weighted by Gasteiger charge is -2.16. The van der Waals surface area contributed by atoms with Gasteiger partial charge < -0.3 is 18.8 Å². The van der Waals surface area contributed by atoms with Gasteiger partial charge in [0, 0.05) is 24.5 Å². The van der Waals surface area contributed by atoms with Gasteiger partial charge in [0.15, 0.2) is 22.8 Å². The number of para-hydroxylation sites is 1. The summed E-state index contributed by atoms with van der Waals surface area (Å²) in [6.45, 7) is 2.52. The molecule has 0 atom stereocenters. The minimum absolute atomic E-state index is 0.192. The van der Waals surface area contributed by atoms with Crippen molar-refractivity contribution in [1.29, 1.82) is 0 Å². The summed E-state index contributed by atoms with van der Waals surface area (Å²) in [6, 6.07) is 11.1. The van der Waals surface area contributed by atoms with Crippen LogP contribution in [0.25, 0.3) is 11.0 Å². The highest BCUT2D eigenvalue weighted by Gasteiger charge is 2.23. The third-order valence-electron chi connectivity index (χ3n) is 4.31. The number of furan rings is 1. The third-order valence-corrected chi connectivity index (χ3v) is 4.61. The molecule has 6 heteroatoms. The van der Waals surface area contributed by atoms with Crippen LogP contribution in [0.3, 0.4) is 0 Å². The molecule has 0 spiro atoms. The molecule has 1 aliphatic rings. The van der Waals surface area contributed by atoms with Gasteiger partial charge in [-0.15, -0.1) is 0 Å². The molecule has 0 N–H and O–H groups in total. The summed E-state index contributed by atoms with van der Waals surface area (Å²) >= 11 is 6.17. The van der Waals surface area contributed by atoms with Gasteiger partial charge in [0.1, 0.15) is 0 Å². The van der Waals surface area contributed by atoms with Crippen LogP contribution in [-0.4, -0.2) is 24.6 Å². The molecule has 2 aromatic carbocycles. The van der Waals surface area contributed by atoms with Crippen LogP contribution in [0.4, 0.5) is 0 Å². The zero-order chi connectivity index (χ0) is 17.6. The first-order valence-electron chi connectivity index (χ1n) is 7.86. The number of amides is 1. The predicted molar refractivity (Wildman–Crippen MR) is 94.3 cm³/mol. The average molecular weight is 358 g/mol. The molecule has 1 amide bonds. The Labute approximate surface area is 149 Å². The average Bonchev–Trinajstić information content (AvgIpc) is 3.19. The Morgan fingerprint density at radius 2 is 2.00 bits per heavy atom. The quantitative estimate of drug-likeness (QED) is 0.697. The van der Waals surface area contributed by atoms with Crippen LogP contribution in [0.5, 0.6) is 11.5 Å². The topological polar surface area (TPSA) is 51.9 Å². The van der Waals surface area contributed by atoms with E-state index >= 15 is 0 Å². The summed E-state index contributed by atoms with van der Waals surface area (Å²) in [5.41, 5.74) is 2.29. The lowest BCUT2D eigenvalue weighted by atomic mass is 10.1. The number of ether oxygens (including phenoxy) is 2. The zero-order valence-corrected chi connectivity index (χ0v) is 14.6. The number of aryl methyl sites for hydroxylation is 1. The number of carbonyl (C=O) groups is 1. The summed E-state index contributed by atoms with van der Waals surface area (Å²) < 4.78 is 16.4. The molecule has 0 unspecified atom stereocenters. The van der Waals surface area contributed by atoms with Crippen molar-refractivity contribution in [3.05, 3.63) is 58.3 Å². The second-order valence-electron chi connectivity index (χ2n) is 6.02. The van der Waals surface area contributed by atoms with E-state index in [0.717, 1.165) is 22.3 Å². The van der Waals surface area contributed by atoms with Gasteiger partial charge in [-0.3, -0.25) is 4.79 Å². The molecular formula is C19H16ClNO4. The fourth-order valence-corrected chi connectivity index (χ4v) is 3.18. The lowest BCUT2D eigenvalue weighted by Crippen LogP contribution is -2.26. The van der Waals surface area contributed by atoms with E-state index in [-0.39, 0.29) is 12.7 Å². The molecule has 0 saturated carbocycles. The van der Waals surface area contributed by atoms with Crippen molar-refractivity contribution in [1.82, 2.24) is 4.90 Å². The van der Waals surface area contributed by atoms with E-state index < -0.39 is 0 Å². The van der Waals surface area contributed by atoms with E-state index in [9.17, 15) is 4.79 Å². The number of hydrogen-bond donors (Lipinski definition) is 0. The summed E-state index contributed by atoms with van der Waals surface area (Å²) in [4.78, 5) is 14.4. The van der Waals surface area contributed by atoms with E-state index in [1.165, 1.54) is 0 Å². The minimum Gasteiger partial charge on any atom is -0.454 e. The Balaban J connectivity index is 1.60. The fraction of sp³-hybridized carbons (Fsp3) is 0.211. The predicted octanol–water partition coefficient (Wildman–Crippen LogP) is 4.40. The van der Waals surface area contributed by atoms with Gasteiger partial charge in [-0.2, -0.15) is 0 Å². The summed E-state index contributed by atoms with van der Waals surface area (Å²) in [5.74, 6) is 1.54. The van der Waals surface area contributed by atoms with E-state index in [1.807, 2.05) is 37.3 Å². The van der Waals surface area contributed by atoms with Gasteiger partial charge in [-0.25, -0.2) is 0 Å². The lowest BCUT2D eigenvalue weighted by molar-refractivity contribution is 0.0754. The Bertz CT molecular complexity index is 979. The monoisotopic (exact) mass is 357 g/mol. The highest BCUT2D eigenvalue weighted by Crippen LogP contribution is 2.34.